The molecule has 0 amide bonds. The highest BCUT2D eigenvalue weighted by Gasteiger charge is 2.44. The minimum atomic E-state index is -4.36. The number of halogens is 4. The van der Waals surface area contributed by atoms with Crippen molar-refractivity contribution >= 4 is 31.6 Å². The molecule has 0 spiro atoms. The van der Waals surface area contributed by atoms with Crippen molar-refractivity contribution in [2.75, 3.05) is 5.75 Å². The number of sulfonamides is 2. The highest BCUT2D eigenvalue weighted by atomic mass is 35.5. The quantitative estimate of drug-likeness (QED) is 0.695. The van der Waals surface area contributed by atoms with Gasteiger partial charge < -0.3 is 0 Å². The molecule has 2 rings (SSSR count). The monoisotopic (exact) mass is 434 g/mol. The number of aryl methyl sites for hydroxylation is 1. The molecule has 148 valence electrons. The van der Waals surface area contributed by atoms with Gasteiger partial charge in [-0.1, -0.05) is 17.7 Å². The van der Waals surface area contributed by atoms with Crippen LogP contribution in [0.15, 0.2) is 18.3 Å². The van der Waals surface area contributed by atoms with Crippen LogP contribution in [-0.4, -0.2) is 39.0 Å². The lowest BCUT2D eigenvalue weighted by Crippen LogP contribution is -2.42. The molecule has 1 fully saturated rings. The molecule has 6 nitrogen and oxygen atoms in total. The van der Waals surface area contributed by atoms with E-state index in [-0.39, 0.29) is 37.3 Å². The van der Waals surface area contributed by atoms with Crippen LogP contribution in [0.1, 0.15) is 31.2 Å². The van der Waals surface area contributed by atoms with Crippen LogP contribution in [0, 0.1) is 5.92 Å². The van der Waals surface area contributed by atoms with Gasteiger partial charge in [-0.25, -0.2) is 21.8 Å². The fourth-order valence-corrected chi connectivity index (χ4v) is 6.73. The number of pyridine rings is 1. The van der Waals surface area contributed by atoms with Crippen LogP contribution >= 0.6 is 11.6 Å². The number of aromatic nitrogens is 1. The zero-order chi connectivity index (χ0) is 19.6. The first-order chi connectivity index (χ1) is 11.9. The molecule has 1 aliphatic rings. The molecule has 0 atom stereocenters. The van der Waals surface area contributed by atoms with Crippen molar-refractivity contribution in [3.05, 3.63) is 29.0 Å². The predicted octanol–water partition coefficient (Wildman–Crippen LogP) is 2.65. The molecule has 0 radical (unpaired) electrons. The summed E-state index contributed by atoms with van der Waals surface area (Å²) in [4.78, 5) is 3.79. The topological polar surface area (TPSA) is 93.2 Å². The van der Waals surface area contributed by atoms with Gasteiger partial charge in [-0.3, -0.25) is 0 Å². The number of nitrogens with zero attached hydrogens (tertiary/aromatic N) is 1. The molecule has 1 aromatic rings. The van der Waals surface area contributed by atoms with E-state index in [1.807, 2.05) is 0 Å². The van der Waals surface area contributed by atoms with Crippen molar-refractivity contribution in [2.24, 2.45) is 5.92 Å². The minimum Gasteiger partial charge on any atom is -0.244 e. The summed E-state index contributed by atoms with van der Waals surface area (Å²) in [5.74, 6) is -2.08. The lowest BCUT2D eigenvalue weighted by molar-refractivity contribution is -0.181. The number of rotatable bonds is 6. The fourth-order valence-electron chi connectivity index (χ4n) is 2.84. The van der Waals surface area contributed by atoms with Gasteiger partial charge >= 0.3 is 6.18 Å². The average molecular weight is 435 g/mol. The van der Waals surface area contributed by atoms with Gasteiger partial charge in [0.1, 0.15) is 5.15 Å². The first-order valence-electron chi connectivity index (χ1n) is 7.82. The molecule has 0 aromatic carbocycles. The van der Waals surface area contributed by atoms with E-state index in [0.717, 1.165) is 0 Å². The van der Waals surface area contributed by atoms with Crippen molar-refractivity contribution in [1.82, 2.24) is 9.11 Å². The van der Waals surface area contributed by atoms with Gasteiger partial charge in [0.2, 0.25) is 20.0 Å². The van der Waals surface area contributed by atoms with Crippen LogP contribution < -0.4 is 4.13 Å². The van der Waals surface area contributed by atoms with Crippen molar-refractivity contribution < 1.29 is 30.0 Å². The zero-order valence-electron chi connectivity index (χ0n) is 13.5. The Hall–Kier alpha value is -0.910. The number of hydrogen-bond acceptors (Lipinski definition) is 5. The molecule has 26 heavy (non-hydrogen) atoms. The highest BCUT2D eigenvalue weighted by molar-refractivity contribution is 8.05. The van der Waals surface area contributed by atoms with Crippen molar-refractivity contribution in [3.63, 3.8) is 0 Å². The Morgan fingerprint density at radius 2 is 1.77 bits per heavy atom. The van der Waals surface area contributed by atoms with Crippen LogP contribution in [0.2, 0.25) is 5.15 Å². The van der Waals surface area contributed by atoms with Crippen LogP contribution in [-0.2, 0) is 26.5 Å². The van der Waals surface area contributed by atoms with Gasteiger partial charge in [-0.2, -0.15) is 13.2 Å². The Kier molecular flexibility index (Phi) is 6.57. The third-order valence-corrected chi connectivity index (χ3v) is 8.67. The summed E-state index contributed by atoms with van der Waals surface area (Å²) in [7, 11) is -8.47. The van der Waals surface area contributed by atoms with Crippen LogP contribution in [0.25, 0.3) is 0 Å². The maximum atomic E-state index is 12.7. The molecule has 1 aliphatic carbocycles. The lowest BCUT2D eigenvalue weighted by atomic mass is 9.88. The second-order valence-electron chi connectivity index (χ2n) is 6.17. The molecule has 1 saturated carbocycles. The Morgan fingerprint density at radius 1 is 1.15 bits per heavy atom. The van der Waals surface area contributed by atoms with E-state index >= 15 is 0 Å². The molecule has 12 heteroatoms. The van der Waals surface area contributed by atoms with Gasteiger partial charge in [0.15, 0.2) is 0 Å². The Labute approximate surface area is 155 Å². The van der Waals surface area contributed by atoms with E-state index in [2.05, 4.69) is 4.98 Å². The average Bonchev–Trinajstić information content (AvgIpc) is 2.52. The third kappa shape index (κ3) is 5.80. The standard InChI is InChI=1S/C14H18ClF3N2O4S2/c15-13-10(2-1-8-19-13)7-9-25(21,22)20-26(23,24)12-5-3-11(4-6-12)14(16,17)18/h1-2,8,11-12,20H,3-7,9H2. The van der Waals surface area contributed by atoms with Gasteiger partial charge in [-0.15, -0.1) is 4.13 Å². The highest BCUT2D eigenvalue weighted by Crippen LogP contribution is 2.39. The molecule has 0 unspecified atom stereocenters. The third-order valence-electron chi connectivity index (χ3n) is 4.30. The number of alkyl halides is 3. The van der Waals surface area contributed by atoms with Crippen LogP contribution in [0.3, 0.4) is 0 Å². The molecule has 1 N–H and O–H groups in total. The van der Waals surface area contributed by atoms with Crippen LogP contribution in [0.5, 0.6) is 0 Å². The predicted molar refractivity (Wildman–Crippen MR) is 90.6 cm³/mol. The molecular weight excluding hydrogens is 417 g/mol. The second-order valence-corrected chi connectivity index (χ2v) is 10.6. The summed E-state index contributed by atoms with van der Waals surface area (Å²) in [6.07, 6.45) is -4.11. The largest absolute Gasteiger partial charge is 0.391 e. The summed E-state index contributed by atoms with van der Waals surface area (Å²) in [6, 6.07) is 3.13. The second kappa shape index (κ2) is 7.99. The lowest BCUT2D eigenvalue weighted by Gasteiger charge is -2.29. The van der Waals surface area contributed by atoms with E-state index in [9.17, 15) is 30.0 Å². The normalized spacial score (nSPS) is 22.3. The Morgan fingerprint density at radius 3 is 2.31 bits per heavy atom. The van der Waals surface area contributed by atoms with E-state index in [1.54, 1.807) is 16.3 Å². The zero-order valence-corrected chi connectivity index (χ0v) is 15.9. The van der Waals surface area contributed by atoms with Gasteiger partial charge in [-0.05, 0) is 43.7 Å². The van der Waals surface area contributed by atoms with E-state index in [1.165, 1.54) is 6.20 Å². The van der Waals surface area contributed by atoms with Crippen molar-refractivity contribution in [2.45, 2.75) is 43.5 Å². The van der Waals surface area contributed by atoms with E-state index in [4.69, 9.17) is 11.6 Å². The summed E-state index contributed by atoms with van der Waals surface area (Å²) >= 11 is 5.82. The fraction of sp³-hybridized carbons (Fsp3) is 0.643. The summed E-state index contributed by atoms with van der Waals surface area (Å²) in [5.41, 5.74) is 0.447. The van der Waals surface area contributed by atoms with E-state index < -0.39 is 43.1 Å². The Bertz CT molecular complexity index is 836. The van der Waals surface area contributed by atoms with Gasteiger partial charge in [0, 0.05) is 6.20 Å². The molecule has 0 saturated heterocycles. The maximum absolute atomic E-state index is 12.7. The Balaban J connectivity index is 1.96. The molecule has 0 bridgehead atoms. The first kappa shape index (κ1) is 21.4. The maximum Gasteiger partial charge on any atom is 0.391 e. The SMILES string of the molecule is O=S(=O)(CCc1cccnc1Cl)NS(=O)(=O)C1CCC(C(F)(F)F)CC1. The number of hydrogen-bond donors (Lipinski definition) is 1. The van der Waals surface area contributed by atoms with Crippen LogP contribution in [0.4, 0.5) is 13.2 Å². The summed E-state index contributed by atoms with van der Waals surface area (Å²) in [5, 5.41) is -1.03. The smallest absolute Gasteiger partial charge is 0.244 e. The van der Waals surface area contributed by atoms with Gasteiger partial charge in [0.05, 0.1) is 16.9 Å². The van der Waals surface area contributed by atoms with Gasteiger partial charge in [0.25, 0.3) is 0 Å². The summed E-state index contributed by atoms with van der Waals surface area (Å²) < 4.78 is 88.2. The van der Waals surface area contributed by atoms with Crippen molar-refractivity contribution in [1.29, 1.82) is 0 Å². The molecule has 1 aromatic heterocycles. The molecule has 0 aliphatic heterocycles. The summed E-state index contributed by atoms with van der Waals surface area (Å²) in [6.45, 7) is 0. The van der Waals surface area contributed by atoms with Crippen molar-refractivity contribution in [3.8, 4) is 0 Å². The minimum absolute atomic E-state index is 0.0433. The number of nitrogens with one attached hydrogen (secondary N) is 1. The van der Waals surface area contributed by atoms with E-state index in [0.29, 0.717) is 5.56 Å². The molecular formula is C14H18ClF3N2O4S2. The first-order valence-corrected chi connectivity index (χ1v) is 11.4. The molecule has 1 heterocycles.